The van der Waals surface area contributed by atoms with Crippen LogP contribution in [0.1, 0.15) is 16.7 Å². The molecule has 19 heavy (non-hydrogen) atoms. The molecule has 98 valence electrons. The monoisotopic (exact) mass is 318 g/mol. The van der Waals surface area contributed by atoms with Crippen molar-refractivity contribution in [2.24, 2.45) is 0 Å². The quantitative estimate of drug-likeness (QED) is 0.841. The number of fused-ring (bicyclic) bond motifs is 1. The Hall–Kier alpha value is -1.48. The van der Waals surface area contributed by atoms with Gasteiger partial charge in [0, 0.05) is 16.5 Å². The molecule has 0 aromatic heterocycles. The van der Waals surface area contributed by atoms with Gasteiger partial charge in [-0.15, -0.1) is 0 Å². The molecule has 2 aromatic rings. The van der Waals surface area contributed by atoms with Crippen LogP contribution in [0.3, 0.4) is 0 Å². The molecule has 1 heterocycles. The summed E-state index contributed by atoms with van der Waals surface area (Å²) in [4.78, 5) is 0. The fourth-order valence-electron chi connectivity index (χ4n) is 2.25. The zero-order valence-corrected chi connectivity index (χ0v) is 12.4. The number of aryl methyl sites for hydroxylation is 1. The average molecular weight is 319 g/mol. The Kier molecular flexibility index (Phi) is 3.47. The van der Waals surface area contributed by atoms with Crippen molar-refractivity contribution in [2.75, 3.05) is 6.61 Å². The molecule has 0 saturated carbocycles. The maximum absolute atomic E-state index is 5.83. The second-order valence-electron chi connectivity index (χ2n) is 4.75. The Balaban J connectivity index is 1.78. The summed E-state index contributed by atoms with van der Waals surface area (Å²) in [5.74, 6) is 1.88. The largest absolute Gasteiger partial charge is 0.493 e. The van der Waals surface area contributed by atoms with Gasteiger partial charge in [-0.3, -0.25) is 0 Å². The van der Waals surface area contributed by atoms with E-state index in [1.54, 1.807) is 0 Å². The van der Waals surface area contributed by atoms with Crippen LogP contribution in [0.15, 0.2) is 40.9 Å². The zero-order chi connectivity index (χ0) is 13.2. The molecular weight excluding hydrogens is 304 g/mol. The molecule has 1 aliphatic rings. The van der Waals surface area contributed by atoms with Crippen molar-refractivity contribution in [3.63, 3.8) is 0 Å². The van der Waals surface area contributed by atoms with E-state index in [4.69, 9.17) is 9.47 Å². The van der Waals surface area contributed by atoms with Gasteiger partial charge in [0.05, 0.1) is 6.61 Å². The number of hydrogen-bond donors (Lipinski definition) is 0. The summed E-state index contributed by atoms with van der Waals surface area (Å²) in [7, 11) is 0. The number of hydrogen-bond acceptors (Lipinski definition) is 2. The van der Waals surface area contributed by atoms with E-state index < -0.39 is 0 Å². The van der Waals surface area contributed by atoms with Gasteiger partial charge >= 0.3 is 0 Å². The van der Waals surface area contributed by atoms with Gasteiger partial charge in [-0.25, -0.2) is 0 Å². The van der Waals surface area contributed by atoms with E-state index >= 15 is 0 Å². The average Bonchev–Trinajstić information content (AvgIpc) is 2.85. The van der Waals surface area contributed by atoms with Crippen molar-refractivity contribution in [1.82, 2.24) is 0 Å². The SMILES string of the molecule is Cc1ccc(OCc2cc(Br)cc3c2OCC3)cc1. The Bertz CT molecular complexity index is 590. The number of ether oxygens (including phenoxy) is 2. The normalized spacial score (nSPS) is 12.9. The predicted molar refractivity (Wildman–Crippen MR) is 78.9 cm³/mol. The molecule has 0 N–H and O–H groups in total. The first-order valence-electron chi connectivity index (χ1n) is 6.36. The van der Waals surface area contributed by atoms with Crippen LogP contribution in [0.2, 0.25) is 0 Å². The van der Waals surface area contributed by atoms with Crippen LogP contribution in [0.4, 0.5) is 0 Å². The van der Waals surface area contributed by atoms with Gasteiger partial charge in [0.2, 0.25) is 0 Å². The second-order valence-corrected chi connectivity index (χ2v) is 5.67. The summed E-state index contributed by atoms with van der Waals surface area (Å²) in [6.45, 7) is 3.37. The van der Waals surface area contributed by atoms with E-state index in [0.717, 1.165) is 34.6 Å². The van der Waals surface area contributed by atoms with Crippen LogP contribution >= 0.6 is 15.9 Å². The van der Waals surface area contributed by atoms with Crippen molar-refractivity contribution in [1.29, 1.82) is 0 Å². The minimum absolute atomic E-state index is 0.533. The van der Waals surface area contributed by atoms with Crippen molar-refractivity contribution < 1.29 is 9.47 Å². The summed E-state index contributed by atoms with van der Waals surface area (Å²) >= 11 is 3.54. The smallest absolute Gasteiger partial charge is 0.129 e. The Morgan fingerprint density at radius 1 is 1.21 bits per heavy atom. The lowest BCUT2D eigenvalue weighted by Crippen LogP contribution is -1.98. The summed E-state index contributed by atoms with van der Waals surface area (Å²) in [6, 6.07) is 12.3. The zero-order valence-electron chi connectivity index (χ0n) is 10.8. The maximum atomic E-state index is 5.83. The molecule has 0 atom stereocenters. The summed E-state index contributed by atoms with van der Waals surface area (Å²) in [6.07, 6.45) is 0.978. The third-order valence-corrected chi connectivity index (χ3v) is 3.70. The highest BCUT2D eigenvalue weighted by Crippen LogP contribution is 2.33. The number of halogens is 1. The topological polar surface area (TPSA) is 18.5 Å². The number of benzene rings is 2. The summed E-state index contributed by atoms with van der Waals surface area (Å²) < 4.78 is 12.6. The predicted octanol–water partition coefficient (Wildman–Crippen LogP) is 4.27. The molecule has 3 heteroatoms. The van der Waals surface area contributed by atoms with Gasteiger partial charge < -0.3 is 9.47 Å². The van der Waals surface area contributed by atoms with Crippen molar-refractivity contribution in [3.8, 4) is 11.5 Å². The summed E-state index contributed by atoms with van der Waals surface area (Å²) in [5.41, 5.74) is 3.60. The molecule has 1 aliphatic heterocycles. The van der Waals surface area contributed by atoms with Gasteiger partial charge in [0.1, 0.15) is 18.1 Å². The first-order chi connectivity index (χ1) is 9.22. The van der Waals surface area contributed by atoms with Crippen LogP contribution in [-0.4, -0.2) is 6.61 Å². The van der Waals surface area contributed by atoms with E-state index in [1.807, 2.05) is 12.1 Å². The molecule has 0 unspecified atom stereocenters. The number of rotatable bonds is 3. The molecular formula is C16H15BrO2. The molecule has 2 aromatic carbocycles. The molecule has 0 spiro atoms. The maximum Gasteiger partial charge on any atom is 0.129 e. The molecule has 0 radical (unpaired) electrons. The van der Waals surface area contributed by atoms with E-state index in [0.29, 0.717) is 6.61 Å². The van der Waals surface area contributed by atoms with Crippen LogP contribution in [0.25, 0.3) is 0 Å². The van der Waals surface area contributed by atoms with Crippen LogP contribution in [0.5, 0.6) is 11.5 Å². The van der Waals surface area contributed by atoms with Crippen molar-refractivity contribution in [3.05, 3.63) is 57.6 Å². The second kappa shape index (κ2) is 5.25. The lowest BCUT2D eigenvalue weighted by molar-refractivity contribution is 0.292. The molecule has 0 aliphatic carbocycles. The molecule has 2 nitrogen and oxygen atoms in total. The lowest BCUT2D eigenvalue weighted by Gasteiger charge is -2.11. The first-order valence-corrected chi connectivity index (χ1v) is 7.15. The summed E-state index contributed by atoms with van der Waals surface area (Å²) in [5, 5.41) is 0. The lowest BCUT2D eigenvalue weighted by atomic mass is 10.1. The van der Waals surface area contributed by atoms with Gasteiger partial charge in [-0.05, 0) is 36.8 Å². The first kappa shape index (κ1) is 12.5. The van der Waals surface area contributed by atoms with Crippen molar-refractivity contribution in [2.45, 2.75) is 20.0 Å². The fraction of sp³-hybridized carbons (Fsp3) is 0.250. The van der Waals surface area contributed by atoms with E-state index in [-0.39, 0.29) is 0 Å². The Labute approximate surface area is 121 Å². The highest BCUT2D eigenvalue weighted by molar-refractivity contribution is 9.10. The third kappa shape index (κ3) is 2.76. The van der Waals surface area contributed by atoms with Gasteiger partial charge in [0.25, 0.3) is 0 Å². The van der Waals surface area contributed by atoms with E-state index in [1.165, 1.54) is 11.1 Å². The van der Waals surface area contributed by atoms with Crippen LogP contribution in [-0.2, 0) is 13.0 Å². The van der Waals surface area contributed by atoms with E-state index in [2.05, 4.69) is 47.1 Å². The fourth-order valence-corrected chi connectivity index (χ4v) is 2.80. The molecule has 3 rings (SSSR count). The Morgan fingerprint density at radius 3 is 2.79 bits per heavy atom. The Morgan fingerprint density at radius 2 is 2.00 bits per heavy atom. The minimum Gasteiger partial charge on any atom is -0.493 e. The van der Waals surface area contributed by atoms with Gasteiger partial charge in [0.15, 0.2) is 0 Å². The minimum atomic E-state index is 0.533. The van der Waals surface area contributed by atoms with E-state index in [9.17, 15) is 0 Å². The third-order valence-electron chi connectivity index (χ3n) is 3.24. The standard InChI is InChI=1S/C16H15BrO2/c1-11-2-4-15(5-3-11)19-10-13-9-14(17)8-12-6-7-18-16(12)13/h2-5,8-9H,6-7,10H2,1H3. The van der Waals surface area contributed by atoms with Gasteiger partial charge in [-0.1, -0.05) is 33.6 Å². The molecule has 0 fully saturated rings. The molecule has 0 bridgehead atoms. The highest BCUT2D eigenvalue weighted by Gasteiger charge is 2.17. The van der Waals surface area contributed by atoms with Crippen LogP contribution in [0, 0.1) is 6.92 Å². The molecule has 0 amide bonds. The van der Waals surface area contributed by atoms with Crippen molar-refractivity contribution >= 4 is 15.9 Å². The van der Waals surface area contributed by atoms with Crippen LogP contribution < -0.4 is 9.47 Å². The molecule has 0 saturated heterocycles. The highest BCUT2D eigenvalue weighted by atomic mass is 79.9. The van der Waals surface area contributed by atoms with Gasteiger partial charge in [-0.2, -0.15) is 0 Å².